The largest absolute Gasteiger partial charge is 0.496 e. The van der Waals surface area contributed by atoms with Crippen LogP contribution in [0.1, 0.15) is 37.8 Å². The van der Waals surface area contributed by atoms with E-state index in [0.717, 1.165) is 51.3 Å². The van der Waals surface area contributed by atoms with Crippen molar-refractivity contribution in [2.24, 2.45) is 0 Å². The topological polar surface area (TPSA) is 47.2 Å². The lowest BCUT2D eigenvalue weighted by Gasteiger charge is -2.30. The van der Waals surface area contributed by atoms with Crippen LogP contribution in [0, 0.1) is 6.92 Å². The smallest absolute Gasteiger partial charge is 0.275 e. The summed E-state index contributed by atoms with van der Waals surface area (Å²) in [5.41, 5.74) is 2.56. The molecule has 1 heterocycles. The summed E-state index contributed by atoms with van der Waals surface area (Å²) >= 11 is 0. The molecular weight excluding hydrogens is 314 g/mol. The number of quaternary nitrogens is 2. The van der Waals surface area contributed by atoms with Crippen molar-refractivity contribution in [1.82, 2.24) is 5.32 Å². The van der Waals surface area contributed by atoms with Crippen LogP contribution < -0.4 is 19.9 Å². The van der Waals surface area contributed by atoms with Gasteiger partial charge in [-0.25, -0.2) is 0 Å². The second-order valence-corrected chi connectivity index (χ2v) is 7.43. The molecular formula is C20H35N3O2+2. The van der Waals surface area contributed by atoms with Gasteiger partial charge in [0.1, 0.15) is 38.5 Å². The maximum atomic E-state index is 12.1. The van der Waals surface area contributed by atoms with Crippen LogP contribution in [0.3, 0.4) is 0 Å². The Balaban J connectivity index is 1.78. The van der Waals surface area contributed by atoms with Crippen LogP contribution in [0.15, 0.2) is 18.2 Å². The fourth-order valence-corrected chi connectivity index (χ4v) is 3.68. The van der Waals surface area contributed by atoms with Gasteiger partial charge in [0.2, 0.25) is 0 Å². The number of carbonyl (C=O) groups is 1. The van der Waals surface area contributed by atoms with Crippen molar-refractivity contribution >= 4 is 5.91 Å². The Morgan fingerprint density at radius 2 is 1.92 bits per heavy atom. The van der Waals surface area contributed by atoms with Crippen molar-refractivity contribution in [2.75, 3.05) is 39.8 Å². The summed E-state index contributed by atoms with van der Waals surface area (Å²) in [5.74, 6) is 1.18. The van der Waals surface area contributed by atoms with Crippen molar-refractivity contribution in [1.29, 1.82) is 0 Å². The number of amides is 1. The molecule has 1 aliphatic heterocycles. The van der Waals surface area contributed by atoms with E-state index in [1.165, 1.54) is 16.0 Å². The summed E-state index contributed by atoms with van der Waals surface area (Å²) in [7, 11) is 1.74. The summed E-state index contributed by atoms with van der Waals surface area (Å²) in [4.78, 5) is 15.1. The van der Waals surface area contributed by atoms with Gasteiger partial charge in [-0.1, -0.05) is 25.0 Å². The first-order chi connectivity index (χ1) is 12.0. The summed E-state index contributed by atoms with van der Waals surface area (Å²) in [5, 5.41) is 3.12. The van der Waals surface area contributed by atoms with Crippen LogP contribution in [0.5, 0.6) is 5.75 Å². The molecule has 1 fully saturated rings. The van der Waals surface area contributed by atoms with Crippen LogP contribution in [0.4, 0.5) is 0 Å². The molecule has 1 saturated heterocycles. The van der Waals surface area contributed by atoms with E-state index in [1.54, 1.807) is 12.0 Å². The zero-order valence-corrected chi connectivity index (χ0v) is 16.3. The van der Waals surface area contributed by atoms with Crippen LogP contribution in [-0.4, -0.2) is 51.8 Å². The van der Waals surface area contributed by atoms with E-state index in [0.29, 0.717) is 6.54 Å². The maximum absolute atomic E-state index is 12.1. The number of piperazine rings is 1. The Bertz CT molecular complexity index is 554. The van der Waals surface area contributed by atoms with E-state index in [2.05, 4.69) is 44.3 Å². The summed E-state index contributed by atoms with van der Waals surface area (Å²) in [6, 6.07) is 6.68. The lowest BCUT2D eigenvalue weighted by Crippen LogP contribution is -3.28. The van der Waals surface area contributed by atoms with Crippen LogP contribution in [0.25, 0.3) is 0 Å². The molecule has 0 radical (unpaired) electrons. The molecule has 140 valence electrons. The van der Waals surface area contributed by atoms with Crippen LogP contribution in [0.2, 0.25) is 0 Å². The Labute approximate surface area is 152 Å². The highest BCUT2D eigenvalue weighted by atomic mass is 16.5. The van der Waals surface area contributed by atoms with Crippen LogP contribution in [-0.2, 0) is 11.3 Å². The number of ether oxygens (including phenoxy) is 1. The minimum atomic E-state index is 0.194. The Morgan fingerprint density at radius 1 is 1.24 bits per heavy atom. The van der Waals surface area contributed by atoms with Gasteiger partial charge in [0.25, 0.3) is 5.91 Å². The quantitative estimate of drug-likeness (QED) is 0.598. The summed E-state index contributed by atoms with van der Waals surface area (Å²) in [6.07, 6.45) is 2.16. The fraction of sp³-hybridized carbons (Fsp3) is 0.650. The van der Waals surface area contributed by atoms with E-state index in [9.17, 15) is 4.79 Å². The molecule has 5 nitrogen and oxygen atoms in total. The number of carbonyl (C=O) groups excluding carboxylic acids is 1. The molecule has 0 unspecified atom stereocenters. The summed E-state index contributed by atoms with van der Waals surface area (Å²) < 4.78 is 5.50. The Hall–Kier alpha value is -1.59. The minimum absolute atomic E-state index is 0.194. The highest BCUT2D eigenvalue weighted by Gasteiger charge is 2.25. The lowest BCUT2D eigenvalue weighted by atomic mass is 10.1. The molecule has 1 atom stereocenters. The van der Waals surface area contributed by atoms with E-state index < -0.39 is 0 Å². The predicted molar refractivity (Wildman–Crippen MR) is 100 cm³/mol. The zero-order valence-electron chi connectivity index (χ0n) is 16.3. The van der Waals surface area contributed by atoms with Gasteiger partial charge in [-0.2, -0.15) is 0 Å². The van der Waals surface area contributed by atoms with Gasteiger partial charge < -0.3 is 19.9 Å². The first kappa shape index (κ1) is 19.7. The highest BCUT2D eigenvalue weighted by Crippen LogP contribution is 2.18. The monoisotopic (exact) mass is 349 g/mol. The molecule has 1 amide bonds. The molecule has 0 saturated carbocycles. The molecule has 0 spiro atoms. The Morgan fingerprint density at radius 3 is 2.56 bits per heavy atom. The minimum Gasteiger partial charge on any atom is -0.496 e. The molecule has 2 rings (SSSR count). The van der Waals surface area contributed by atoms with Crippen molar-refractivity contribution < 1.29 is 19.3 Å². The molecule has 3 N–H and O–H groups in total. The lowest BCUT2D eigenvalue weighted by molar-refractivity contribution is -1.02. The first-order valence-electron chi connectivity index (χ1n) is 9.61. The number of nitrogens with one attached hydrogen (secondary N) is 3. The summed E-state index contributed by atoms with van der Waals surface area (Å²) in [6.45, 7) is 12.3. The molecule has 1 aliphatic rings. The SMILES string of the molecule is CCC[C@H](C)NC(=O)C[NH+]1CC[NH+](Cc2cc(C)ccc2OC)CC1. The first-order valence-corrected chi connectivity index (χ1v) is 9.61. The predicted octanol–water partition coefficient (Wildman–Crippen LogP) is -0.408. The standard InChI is InChI=1S/C20H33N3O2/c1-5-6-17(3)21-20(24)15-23-11-9-22(10-12-23)14-18-13-16(2)7-8-19(18)25-4/h7-8,13,17H,5-6,9-12,14-15H2,1-4H3,(H,21,24)/p+2/t17-/m0/s1. The third-order valence-corrected chi connectivity index (χ3v) is 5.08. The molecule has 1 aromatic carbocycles. The van der Waals surface area contributed by atoms with Crippen molar-refractivity contribution in [2.45, 2.75) is 46.2 Å². The van der Waals surface area contributed by atoms with Gasteiger partial charge in [-0.3, -0.25) is 4.79 Å². The second-order valence-electron chi connectivity index (χ2n) is 7.43. The molecule has 25 heavy (non-hydrogen) atoms. The van der Waals surface area contributed by atoms with Crippen LogP contribution >= 0.6 is 0 Å². The zero-order chi connectivity index (χ0) is 18.2. The van der Waals surface area contributed by atoms with E-state index >= 15 is 0 Å². The van der Waals surface area contributed by atoms with Gasteiger partial charge in [-0.05, 0) is 32.4 Å². The fourth-order valence-electron chi connectivity index (χ4n) is 3.68. The highest BCUT2D eigenvalue weighted by molar-refractivity contribution is 5.77. The second kappa shape index (κ2) is 9.78. The maximum Gasteiger partial charge on any atom is 0.275 e. The average Bonchev–Trinajstić information content (AvgIpc) is 2.57. The molecule has 0 aromatic heterocycles. The number of hydrogen-bond donors (Lipinski definition) is 3. The van der Waals surface area contributed by atoms with Gasteiger partial charge >= 0.3 is 0 Å². The van der Waals surface area contributed by atoms with E-state index in [1.807, 2.05) is 0 Å². The number of aryl methyl sites for hydroxylation is 1. The molecule has 1 aromatic rings. The third-order valence-electron chi connectivity index (χ3n) is 5.08. The molecule has 5 heteroatoms. The van der Waals surface area contributed by atoms with Gasteiger partial charge in [0.15, 0.2) is 6.54 Å². The van der Waals surface area contributed by atoms with Crippen molar-refractivity contribution in [3.63, 3.8) is 0 Å². The van der Waals surface area contributed by atoms with Gasteiger partial charge in [-0.15, -0.1) is 0 Å². The average molecular weight is 350 g/mol. The number of benzene rings is 1. The normalized spacial score (nSPS) is 21.6. The number of rotatable bonds is 8. The van der Waals surface area contributed by atoms with E-state index in [4.69, 9.17) is 4.74 Å². The molecule has 0 bridgehead atoms. The number of methoxy groups -OCH3 is 1. The van der Waals surface area contributed by atoms with E-state index in [-0.39, 0.29) is 11.9 Å². The third kappa shape index (κ3) is 6.33. The van der Waals surface area contributed by atoms with Crippen molar-refractivity contribution in [3.8, 4) is 5.75 Å². The van der Waals surface area contributed by atoms with Crippen molar-refractivity contribution in [3.05, 3.63) is 29.3 Å². The molecule has 0 aliphatic carbocycles. The Kier molecular flexibility index (Phi) is 7.72. The number of hydrogen-bond acceptors (Lipinski definition) is 2. The van der Waals surface area contributed by atoms with Gasteiger partial charge in [0.05, 0.1) is 7.11 Å². The van der Waals surface area contributed by atoms with Gasteiger partial charge in [0, 0.05) is 11.6 Å².